The largest absolute Gasteiger partial charge is 0.427 e. The van der Waals surface area contributed by atoms with E-state index in [-0.39, 0.29) is 17.7 Å². The molecule has 0 aromatic heterocycles. The summed E-state index contributed by atoms with van der Waals surface area (Å²) in [5.74, 6) is 0.130. The second-order valence-corrected chi connectivity index (χ2v) is 12.9. The summed E-state index contributed by atoms with van der Waals surface area (Å²) in [7, 11) is 5.54. The topological polar surface area (TPSA) is 73.4 Å². The highest BCUT2D eigenvalue weighted by Crippen LogP contribution is 2.34. The predicted octanol–water partition coefficient (Wildman–Crippen LogP) is 5.57. The van der Waals surface area contributed by atoms with Gasteiger partial charge >= 0.3 is 5.97 Å². The second kappa shape index (κ2) is 14.9. The van der Waals surface area contributed by atoms with Crippen LogP contribution in [0.1, 0.15) is 67.3 Å². The molecule has 2 saturated heterocycles. The zero-order chi connectivity index (χ0) is 31.1. The first kappa shape index (κ1) is 33.2. The number of piperidine rings is 2. The van der Waals surface area contributed by atoms with Crippen LogP contribution in [-0.2, 0) is 9.59 Å². The summed E-state index contributed by atoms with van der Waals surface area (Å²) in [5.41, 5.74) is 1.13. The van der Waals surface area contributed by atoms with Gasteiger partial charge in [-0.1, -0.05) is 35.7 Å². The lowest BCUT2D eigenvalue weighted by Crippen LogP contribution is -2.64. The van der Waals surface area contributed by atoms with E-state index in [0.717, 1.165) is 70.4 Å². The number of benzene rings is 2. The fraction of sp³-hybridized carbons (Fsp3) is 0.545. The Morgan fingerprint density at radius 3 is 2.14 bits per heavy atom. The molecule has 2 aliphatic heterocycles. The van der Waals surface area contributed by atoms with Gasteiger partial charge in [0.15, 0.2) is 0 Å². The number of hydrogen-bond donors (Lipinski definition) is 0. The maximum absolute atomic E-state index is 13.5. The number of rotatable bonds is 10. The number of ether oxygens (including phenoxy) is 1. The van der Waals surface area contributed by atoms with Gasteiger partial charge in [0, 0.05) is 59.2 Å². The van der Waals surface area contributed by atoms with Crippen molar-refractivity contribution < 1.29 is 19.1 Å². The fourth-order valence-electron chi connectivity index (χ4n) is 6.48. The average Bonchev–Trinajstić information content (AvgIpc) is 3.00. The Morgan fingerprint density at radius 2 is 1.56 bits per heavy atom. The Bertz CT molecular complexity index is 1270. The molecule has 2 amide bonds. The maximum atomic E-state index is 13.5. The van der Waals surface area contributed by atoms with Crippen LogP contribution in [0, 0.1) is 0 Å². The standard InChI is InChI=1S/C33H44Cl2N4O4/c1-24(40)43-28-11-8-25(9-12-28)31(41)37(4)23-27(26-10-13-29(34)30(35)22-26)14-19-38-20-15-33(16-21-38,32(42)36(2)3)39-17-6-5-7-18-39/h8-13,22,27H,5-7,14-21,23H2,1-4H3/t27-/m1/s1. The van der Waals surface area contributed by atoms with E-state index in [1.165, 1.54) is 13.3 Å². The molecule has 2 fully saturated rings. The summed E-state index contributed by atoms with van der Waals surface area (Å²) in [6.07, 6.45) is 6.01. The van der Waals surface area contributed by atoms with Gasteiger partial charge in [0.1, 0.15) is 11.3 Å². The zero-order valence-corrected chi connectivity index (χ0v) is 27.3. The molecule has 0 saturated carbocycles. The first-order chi connectivity index (χ1) is 20.5. The Morgan fingerprint density at radius 1 is 0.907 bits per heavy atom. The minimum Gasteiger partial charge on any atom is -0.427 e. The first-order valence-corrected chi connectivity index (χ1v) is 15.9. The van der Waals surface area contributed by atoms with Gasteiger partial charge in [-0.15, -0.1) is 0 Å². The van der Waals surface area contributed by atoms with Crippen LogP contribution < -0.4 is 4.74 Å². The van der Waals surface area contributed by atoms with Crippen LogP contribution in [0.4, 0.5) is 0 Å². The van der Waals surface area contributed by atoms with Crippen LogP contribution in [0.15, 0.2) is 42.5 Å². The molecular formula is C33H44Cl2N4O4. The van der Waals surface area contributed by atoms with Gasteiger partial charge in [0.25, 0.3) is 5.91 Å². The van der Waals surface area contributed by atoms with Crippen molar-refractivity contribution in [3.63, 3.8) is 0 Å². The quantitative estimate of drug-likeness (QED) is 0.252. The van der Waals surface area contributed by atoms with E-state index < -0.39 is 11.5 Å². The number of carbonyl (C=O) groups is 3. The summed E-state index contributed by atoms with van der Waals surface area (Å²) in [4.78, 5) is 46.5. The van der Waals surface area contributed by atoms with Crippen LogP contribution in [0.2, 0.25) is 10.0 Å². The third-order valence-electron chi connectivity index (χ3n) is 8.86. The van der Waals surface area contributed by atoms with Crippen molar-refractivity contribution in [3.05, 3.63) is 63.6 Å². The average molecular weight is 632 g/mol. The fourth-order valence-corrected chi connectivity index (χ4v) is 6.79. The summed E-state index contributed by atoms with van der Waals surface area (Å²) in [6, 6.07) is 12.3. The van der Waals surface area contributed by atoms with Crippen molar-refractivity contribution in [1.82, 2.24) is 19.6 Å². The van der Waals surface area contributed by atoms with Crippen molar-refractivity contribution in [2.24, 2.45) is 0 Å². The van der Waals surface area contributed by atoms with Crippen molar-refractivity contribution in [2.45, 2.75) is 56.9 Å². The Balaban J connectivity index is 1.44. The van der Waals surface area contributed by atoms with Crippen LogP contribution in [-0.4, -0.2) is 103 Å². The molecule has 2 aromatic carbocycles. The Hall–Kier alpha value is -2.65. The van der Waals surface area contributed by atoms with E-state index in [1.54, 1.807) is 41.1 Å². The zero-order valence-electron chi connectivity index (χ0n) is 25.8. The molecular weight excluding hydrogens is 587 g/mol. The van der Waals surface area contributed by atoms with Crippen molar-refractivity contribution in [2.75, 3.05) is 60.4 Å². The third kappa shape index (κ3) is 8.29. The van der Waals surface area contributed by atoms with Gasteiger partial charge in [-0.05, 0) is 93.7 Å². The molecule has 43 heavy (non-hydrogen) atoms. The Labute approximate surface area is 265 Å². The number of carbonyl (C=O) groups excluding carboxylic acids is 3. The molecule has 2 aromatic rings. The molecule has 4 rings (SSSR count). The normalized spacial score (nSPS) is 18.1. The highest BCUT2D eigenvalue weighted by Gasteiger charge is 2.47. The van der Waals surface area contributed by atoms with Gasteiger partial charge in [-0.3, -0.25) is 19.3 Å². The molecule has 0 unspecified atom stereocenters. The van der Waals surface area contributed by atoms with Gasteiger partial charge in [0.2, 0.25) is 5.91 Å². The molecule has 0 radical (unpaired) electrons. The van der Waals surface area contributed by atoms with Gasteiger partial charge in [-0.25, -0.2) is 0 Å². The Kier molecular flexibility index (Phi) is 11.5. The van der Waals surface area contributed by atoms with Crippen molar-refractivity contribution in [1.29, 1.82) is 0 Å². The molecule has 0 bridgehead atoms. The lowest BCUT2D eigenvalue weighted by atomic mass is 9.82. The highest BCUT2D eigenvalue weighted by atomic mass is 35.5. The van der Waals surface area contributed by atoms with Gasteiger partial charge in [-0.2, -0.15) is 0 Å². The number of likely N-dealkylation sites (tertiary alicyclic amines) is 2. The number of nitrogens with zero attached hydrogens (tertiary/aromatic N) is 4. The molecule has 8 nitrogen and oxygen atoms in total. The van der Waals surface area contributed by atoms with Crippen molar-refractivity contribution >= 4 is 41.0 Å². The van der Waals surface area contributed by atoms with E-state index in [4.69, 9.17) is 27.9 Å². The van der Waals surface area contributed by atoms with Gasteiger partial charge < -0.3 is 19.4 Å². The summed E-state index contributed by atoms with van der Waals surface area (Å²) < 4.78 is 5.10. The molecule has 0 N–H and O–H groups in total. The minimum absolute atomic E-state index is 0.0289. The summed E-state index contributed by atoms with van der Waals surface area (Å²) in [5, 5.41) is 0.989. The molecule has 1 atom stereocenters. The summed E-state index contributed by atoms with van der Waals surface area (Å²) in [6.45, 7) is 6.37. The number of esters is 1. The molecule has 2 aliphatic rings. The van der Waals surface area contributed by atoms with E-state index in [1.807, 2.05) is 32.3 Å². The van der Waals surface area contributed by atoms with E-state index in [0.29, 0.717) is 27.9 Å². The van der Waals surface area contributed by atoms with Crippen molar-refractivity contribution in [3.8, 4) is 5.75 Å². The van der Waals surface area contributed by atoms with E-state index in [2.05, 4.69) is 9.80 Å². The first-order valence-electron chi connectivity index (χ1n) is 15.2. The molecule has 2 heterocycles. The predicted molar refractivity (Wildman–Crippen MR) is 171 cm³/mol. The van der Waals surface area contributed by atoms with Crippen LogP contribution >= 0.6 is 23.2 Å². The smallest absolute Gasteiger partial charge is 0.308 e. The van der Waals surface area contributed by atoms with Crippen LogP contribution in [0.5, 0.6) is 5.75 Å². The van der Waals surface area contributed by atoms with E-state index >= 15 is 0 Å². The molecule has 0 spiro atoms. The summed E-state index contributed by atoms with van der Waals surface area (Å²) >= 11 is 12.6. The lowest BCUT2D eigenvalue weighted by molar-refractivity contribution is -0.147. The number of likely N-dealkylation sites (N-methyl/N-ethyl adjacent to an activating group) is 2. The monoisotopic (exact) mass is 630 g/mol. The number of hydrogen-bond acceptors (Lipinski definition) is 6. The molecule has 234 valence electrons. The number of amides is 2. The van der Waals surface area contributed by atoms with Gasteiger partial charge in [0.05, 0.1) is 10.0 Å². The SMILES string of the molecule is CC(=O)Oc1ccc(C(=O)N(C)C[C@@H](CCN2CCC(C(=O)N(C)C)(N3CCCCC3)CC2)c2ccc(Cl)c(Cl)c2)cc1. The number of halogens is 2. The minimum atomic E-state index is -0.416. The third-order valence-corrected chi connectivity index (χ3v) is 9.60. The van der Waals surface area contributed by atoms with E-state index in [9.17, 15) is 14.4 Å². The molecule has 0 aliphatic carbocycles. The highest BCUT2D eigenvalue weighted by molar-refractivity contribution is 6.42. The van der Waals surface area contributed by atoms with Crippen LogP contribution in [0.25, 0.3) is 0 Å². The maximum Gasteiger partial charge on any atom is 0.308 e. The molecule has 10 heteroatoms. The lowest BCUT2D eigenvalue weighted by Gasteiger charge is -2.50. The van der Waals surface area contributed by atoms with Crippen LogP contribution in [0.3, 0.4) is 0 Å². The second-order valence-electron chi connectivity index (χ2n) is 12.1.